The molecular weight excluding hydrogens is 510 g/mol. The third-order valence-electron chi connectivity index (χ3n) is 7.94. The summed E-state index contributed by atoms with van der Waals surface area (Å²) in [5, 5.41) is 6.18. The lowest BCUT2D eigenvalue weighted by atomic mass is 9.74. The van der Waals surface area contributed by atoms with E-state index in [-0.39, 0.29) is 23.8 Å². The molecule has 8 heteroatoms. The van der Waals surface area contributed by atoms with Crippen LogP contribution in [-0.4, -0.2) is 53.0 Å². The van der Waals surface area contributed by atoms with E-state index in [1.807, 2.05) is 36.4 Å². The largest absolute Gasteiger partial charge is 0.359 e. The number of benzene rings is 1. The van der Waals surface area contributed by atoms with E-state index in [1.54, 1.807) is 4.90 Å². The SMILES string of the molecule is CC(C)CCN1C(=O)[C@H]2C(C(=O)Nc3ccc(Br)cc3)[C@H]3C=CC2(O3)C1C(=O)NC1CCCCC1. The lowest BCUT2D eigenvalue weighted by molar-refractivity contribution is -0.141. The molecule has 1 aliphatic carbocycles. The van der Waals surface area contributed by atoms with Crippen molar-refractivity contribution < 1.29 is 19.1 Å². The Hall–Kier alpha value is -2.19. The van der Waals surface area contributed by atoms with Crippen LogP contribution in [0.5, 0.6) is 0 Å². The fourth-order valence-corrected chi connectivity index (χ4v) is 6.46. The highest BCUT2D eigenvalue weighted by Crippen LogP contribution is 2.55. The maximum absolute atomic E-state index is 13.8. The van der Waals surface area contributed by atoms with Gasteiger partial charge in [-0.1, -0.05) is 61.2 Å². The van der Waals surface area contributed by atoms with Gasteiger partial charge in [0.1, 0.15) is 11.6 Å². The summed E-state index contributed by atoms with van der Waals surface area (Å²) in [4.78, 5) is 42.7. The highest BCUT2D eigenvalue weighted by Gasteiger charge is 2.72. The van der Waals surface area contributed by atoms with Gasteiger partial charge < -0.3 is 20.3 Å². The van der Waals surface area contributed by atoms with E-state index in [1.165, 1.54) is 6.42 Å². The number of halogens is 1. The molecule has 1 spiro atoms. The number of carbonyl (C=O) groups excluding carboxylic acids is 3. The molecule has 4 aliphatic rings. The summed E-state index contributed by atoms with van der Waals surface area (Å²) in [6.45, 7) is 4.68. The van der Waals surface area contributed by atoms with Gasteiger partial charge in [-0.3, -0.25) is 14.4 Å². The second-order valence-corrected chi connectivity index (χ2v) is 11.7. The zero-order valence-corrected chi connectivity index (χ0v) is 21.9. The molecule has 7 nitrogen and oxygen atoms in total. The molecule has 2 saturated heterocycles. The van der Waals surface area contributed by atoms with Crippen molar-refractivity contribution in [3.8, 4) is 0 Å². The standard InChI is InChI=1S/C27H34BrN3O4/c1-16(2)13-15-31-23(25(33)30-18-6-4-3-5-7-18)27-14-12-20(35-27)21(22(27)26(31)34)24(32)29-19-10-8-17(28)9-11-19/h8-12,14,16,18,20-23H,3-7,13,15H2,1-2H3,(H,29,32)(H,30,33)/t20-,21?,22-,23?,27?/m1/s1. The molecule has 3 heterocycles. The topological polar surface area (TPSA) is 87.7 Å². The van der Waals surface area contributed by atoms with Gasteiger partial charge >= 0.3 is 0 Å². The predicted octanol–water partition coefficient (Wildman–Crippen LogP) is 4.03. The number of amides is 3. The summed E-state index contributed by atoms with van der Waals surface area (Å²) in [5.41, 5.74) is -0.438. The van der Waals surface area contributed by atoms with Crippen LogP contribution in [0.4, 0.5) is 5.69 Å². The molecule has 3 amide bonds. The molecule has 0 aromatic heterocycles. The maximum Gasteiger partial charge on any atom is 0.246 e. The Kier molecular flexibility index (Phi) is 6.79. The Labute approximate surface area is 215 Å². The van der Waals surface area contributed by atoms with E-state index >= 15 is 0 Å². The number of hydrogen-bond acceptors (Lipinski definition) is 4. The first-order valence-electron chi connectivity index (χ1n) is 12.8. The van der Waals surface area contributed by atoms with Gasteiger partial charge in [-0.25, -0.2) is 0 Å². The monoisotopic (exact) mass is 543 g/mol. The molecule has 35 heavy (non-hydrogen) atoms. The average Bonchev–Trinajstić information content (AvgIpc) is 3.47. The Balaban J connectivity index is 1.42. The minimum Gasteiger partial charge on any atom is -0.359 e. The van der Waals surface area contributed by atoms with Crippen LogP contribution >= 0.6 is 15.9 Å². The minimum atomic E-state index is -1.10. The number of rotatable bonds is 7. The first-order valence-corrected chi connectivity index (χ1v) is 13.6. The molecule has 1 saturated carbocycles. The van der Waals surface area contributed by atoms with Crippen molar-refractivity contribution in [2.24, 2.45) is 17.8 Å². The molecule has 3 fully saturated rings. The normalized spacial score (nSPS) is 31.8. The molecule has 0 radical (unpaired) electrons. The highest BCUT2D eigenvalue weighted by molar-refractivity contribution is 9.10. The minimum absolute atomic E-state index is 0.132. The number of nitrogens with one attached hydrogen (secondary N) is 2. The third kappa shape index (κ3) is 4.44. The van der Waals surface area contributed by atoms with Crippen LogP contribution in [-0.2, 0) is 19.1 Å². The molecule has 188 valence electrons. The Morgan fingerprint density at radius 2 is 1.86 bits per heavy atom. The van der Waals surface area contributed by atoms with Crippen LogP contribution in [0, 0.1) is 17.8 Å². The number of carbonyl (C=O) groups is 3. The van der Waals surface area contributed by atoms with Crippen molar-refractivity contribution >= 4 is 39.3 Å². The molecule has 2 bridgehead atoms. The number of hydrogen-bond donors (Lipinski definition) is 2. The molecule has 3 aliphatic heterocycles. The predicted molar refractivity (Wildman–Crippen MR) is 136 cm³/mol. The van der Waals surface area contributed by atoms with Crippen LogP contribution in [0.3, 0.4) is 0 Å². The maximum atomic E-state index is 13.8. The lowest BCUT2D eigenvalue weighted by Gasteiger charge is -2.34. The van der Waals surface area contributed by atoms with Crippen LogP contribution in [0.1, 0.15) is 52.4 Å². The summed E-state index contributed by atoms with van der Waals surface area (Å²) in [5.74, 6) is -1.56. The average molecular weight is 544 g/mol. The van der Waals surface area contributed by atoms with E-state index in [2.05, 4.69) is 40.4 Å². The van der Waals surface area contributed by atoms with Crippen molar-refractivity contribution in [3.05, 3.63) is 40.9 Å². The zero-order valence-electron chi connectivity index (χ0n) is 20.3. The van der Waals surface area contributed by atoms with Crippen LogP contribution in [0.15, 0.2) is 40.9 Å². The van der Waals surface area contributed by atoms with Gasteiger partial charge in [0.2, 0.25) is 17.7 Å². The Morgan fingerprint density at radius 3 is 2.54 bits per heavy atom. The smallest absolute Gasteiger partial charge is 0.246 e. The molecular formula is C27H34BrN3O4. The second kappa shape index (κ2) is 9.69. The molecule has 5 atom stereocenters. The molecule has 2 N–H and O–H groups in total. The summed E-state index contributed by atoms with van der Waals surface area (Å²) in [6, 6.07) is 6.71. The van der Waals surface area contributed by atoms with Crippen LogP contribution in [0.25, 0.3) is 0 Å². The summed E-state index contributed by atoms with van der Waals surface area (Å²) < 4.78 is 7.32. The van der Waals surface area contributed by atoms with E-state index < -0.39 is 29.6 Å². The number of ether oxygens (including phenoxy) is 1. The molecule has 1 aromatic rings. The van der Waals surface area contributed by atoms with Crippen molar-refractivity contribution in [1.82, 2.24) is 10.2 Å². The van der Waals surface area contributed by atoms with Gasteiger partial charge in [0.15, 0.2) is 0 Å². The number of fused-ring (bicyclic) bond motifs is 1. The lowest BCUT2D eigenvalue weighted by Crippen LogP contribution is -2.56. The number of nitrogens with zero attached hydrogens (tertiary/aromatic N) is 1. The molecule has 3 unspecified atom stereocenters. The van der Waals surface area contributed by atoms with Crippen molar-refractivity contribution in [3.63, 3.8) is 0 Å². The first-order chi connectivity index (χ1) is 16.8. The van der Waals surface area contributed by atoms with Crippen molar-refractivity contribution in [2.75, 3.05) is 11.9 Å². The second-order valence-electron chi connectivity index (χ2n) is 10.8. The zero-order chi connectivity index (χ0) is 24.7. The highest BCUT2D eigenvalue weighted by atomic mass is 79.9. The quantitative estimate of drug-likeness (QED) is 0.508. The Morgan fingerprint density at radius 1 is 1.14 bits per heavy atom. The van der Waals surface area contributed by atoms with Gasteiger partial charge in [0.05, 0.1) is 17.9 Å². The van der Waals surface area contributed by atoms with E-state index in [0.29, 0.717) is 18.2 Å². The van der Waals surface area contributed by atoms with E-state index in [9.17, 15) is 14.4 Å². The van der Waals surface area contributed by atoms with Gasteiger partial charge in [0, 0.05) is 22.7 Å². The fourth-order valence-electron chi connectivity index (χ4n) is 6.19. The van der Waals surface area contributed by atoms with E-state index in [4.69, 9.17) is 4.74 Å². The number of likely N-dealkylation sites (tertiary alicyclic amines) is 1. The van der Waals surface area contributed by atoms with Gasteiger partial charge in [-0.05, 0) is 49.4 Å². The van der Waals surface area contributed by atoms with Gasteiger partial charge in [-0.15, -0.1) is 0 Å². The van der Waals surface area contributed by atoms with Crippen molar-refractivity contribution in [2.45, 2.75) is 76.2 Å². The van der Waals surface area contributed by atoms with Gasteiger partial charge in [0.25, 0.3) is 0 Å². The number of anilines is 1. The fraction of sp³-hybridized carbons (Fsp3) is 0.593. The summed E-state index contributed by atoms with van der Waals surface area (Å²) in [7, 11) is 0. The molecule has 1 aromatic carbocycles. The van der Waals surface area contributed by atoms with Crippen LogP contribution < -0.4 is 10.6 Å². The molecule has 5 rings (SSSR count). The summed E-state index contributed by atoms with van der Waals surface area (Å²) >= 11 is 3.41. The first kappa shape index (κ1) is 24.5. The summed E-state index contributed by atoms with van der Waals surface area (Å²) in [6.07, 6.45) is 9.35. The third-order valence-corrected chi connectivity index (χ3v) is 8.46. The van der Waals surface area contributed by atoms with Gasteiger partial charge in [-0.2, -0.15) is 0 Å². The van der Waals surface area contributed by atoms with Crippen LogP contribution in [0.2, 0.25) is 0 Å². The van der Waals surface area contributed by atoms with Crippen molar-refractivity contribution in [1.29, 1.82) is 0 Å². The van der Waals surface area contributed by atoms with E-state index in [0.717, 1.165) is 36.6 Å². The Bertz CT molecular complexity index is 1020.